The number of ether oxygens (including phenoxy) is 1. The summed E-state index contributed by atoms with van der Waals surface area (Å²) >= 11 is 8.13. The number of thiophene rings is 1. The van der Waals surface area contributed by atoms with E-state index in [2.05, 4.69) is 18.0 Å². The molecule has 1 aliphatic heterocycles. The van der Waals surface area contributed by atoms with E-state index < -0.39 is 0 Å². The minimum atomic E-state index is 0.0112. The van der Waals surface area contributed by atoms with Crippen molar-refractivity contribution in [2.75, 3.05) is 26.3 Å². The highest BCUT2D eigenvalue weighted by Gasteiger charge is 2.24. The van der Waals surface area contributed by atoms with Crippen molar-refractivity contribution in [3.63, 3.8) is 0 Å². The molecule has 146 valence electrons. The Balaban J connectivity index is 1.63. The van der Waals surface area contributed by atoms with Gasteiger partial charge >= 0.3 is 6.03 Å². The van der Waals surface area contributed by atoms with E-state index in [9.17, 15) is 4.79 Å². The highest BCUT2D eigenvalue weighted by Crippen LogP contribution is 2.25. The van der Waals surface area contributed by atoms with Gasteiger partial charge in [-0.1, -0.05) is 29.3 Å². The van der Waals surface area contributed by atoms with Crippen LogP contribution in [0.3, 0.4) is 0 Å². The second kappa shape index (κ2) is 8.47. The Kier molecular flexibility index (Phi) is 5.80. The normalized spacial score (nSPS) is 14.4. The van der Waals surface area contributed by atoms with Crippen molar-refractivity contribution in [1.82, 2.24) is 14.8 Å². The largest absolute Gasteiger partial charge is 0.378 e. The topological polar surface area (TPSA) is 45.7 Å². The summed E-state index contributed by atoms with van der Waals surface area (Å²) in [5.41, 5.74) is 2.89. The number of morpholine rings is 1. The molecule has 0 spiro atoms. The molecule has 3 heterocycles. The van der Waals surface area contributed by atoms with Crippen LogP contribution >= 0.6 is 22.9 Å². The number of rotatable bonds is 4. The molecule has 1 saturated heterocycles. The monoisotopic (exact) mass is 415 g/mol. The fraction of sp³-hybridized carbons (Fsp3) is 0.333. The van der Waals surface area contributed by atoms with Gasteiger partial charge in [0.1, 0.15) is 5.15 Å². The van der Waals surface area contributed by atoms with Gasteiger partial charge in [0, 0.05) is 28.9 Å². The van der Waals surface area contributed by atoms with Gasteiger partial charge in [-0.25, -0.2) is 9.78 Å². The summed E-state index contributed by atoms with van der Waals surface area (Å²) in [5.74, 6) is 0. The smallest absolute Gasteiger partial charge is 0.320 e. The number of carbonyl (C=O) groups excluding carboxylic acids is 1. The van der Waals surface area contributed by atoms with Gasteiger partial charge in [-0.2, -0.15) is 0 Å². The van der Waals surface area contributed by atoms with Crippen LogP contribution in [0.5, 0.6) is 0 Å². The second-order valence-corrected chi connectivity index (χ2v) is 8.34. The molecule has 7 heteroatoms. The quantitative estimate of drug-likeness (QED) is 0.579. The number of carbonyl (C=O) groups is 1. The molecule has 28 heavy (non-hydrogen) atoms. The van der Waals surface area contributed by atoms with Gasteiger partial charge in [0.2, 0.25) is 0 Å². The third-order valence-electron chi connectivity index (χ3n) is 4.84. The average Bonchev–Trinajstić information content (AvgIpc) is 3.21. The SMILES string of the molecule is Cc1ccc2nc(Cl)c(CN(Cc3cccs3)C(=O)N3CCOCC3)cc2c1. The molecule has 1 aliphatic rings. The zero-order valence-corrected chi connectivity index (χ0v) is 17.3. The number of hydrogen-bond donors (Lipinski definition) is 0. The predicted molar refractivity (Wildman–Crippen MR) is 113 cm³/mol. The van der Waals surface area contributed by atoms with Crippen molar-refractivity contribution < 1.29 is 9.53 Å². The molecule has 5 nitrogen and oxygen atoms in total. The number of hydrogen-bond acceptors (Lipinski definition) is 4. The summed E-state index contributed by atoms with van der Waals surface area (Å²) in [6.45, 7) is 5.41. The second-order valence-electron chi connectivity index (χ2n) is 6.95. The molecule has 0 atom stereocenters. The van der Waals surface area contributed by atoms with Crippen LogP contribution in [0, 0.1) is 6.92 Å². The molecule has 1 aromatic carbocycles. The standard InChI is InChI=1S/C21H22ClN3O2S/c1-15-4-5-19-16(11-15)12-17(20(22)23-19)13-25(14-18-3-2-10-28-18)21(26)24-6-8-27-9-7-24/h2-5,10-12H,6-9,13-14H2,1H3. The molecule has 3 aromatic rings. The molecule has 0 saturated carbocycles. The van der Waals surface area contributed by atoms with Crippen LogP contribution in [0.4, 0.5) is 4.79 Å². The summed E-state index contributed by atoms with van der Waals surface area (Å²) < 4.78 is 5.39. The Bertz CT molecular complexity index is 971. The van der Waals surface area contributed by atoms with E-state index in [0.29, 0.717) is 44.5 Å². The Hall–Kier alpha value is -2.15. The molecule has 0 aliphatic carbocycles. The van der Waals surface area contributed by atoms with Crippen molar-refractivity contribution in [2.45, 2.75) is 20.0 Å². The van der Waals surface area contributed by atoms with E-state index in [-0.39, 0.29) is 6.03 Å². The van der Waals surface area contributed by atoms with Gasteiger partial charge in [-0.05, 0) is 36.6 Å². The molecule has 1 fully saturated rings. The number of aryl methyl sites for hydroxylation is 1. The van der Waals surface area contributed by atoms with Gasteiger partial charge in [-0.3, -0.25) is 0 Å². The number of nitrogens with zero attached hydrogens (tertiary/aromatic N) is 3. The summed E-state index contributed by atoms with van der Waals surface area (Å²) in [6.07, 6.45) is 0. The van der Waals surface area contributed by atoms with E-state index >= 15 is 0 Å². The third kappa shape index (κ3) is 4.29. The van der Waals surface area contributed by atoms with E-state index in [0.717, 1.165) is 21.3 Å². The van der Waals surface area contributed by atoms with Crippen LogP contribution in [-0.4, -0.2) is 47.1 Å². The average molecular weight is 416 g/mol. The van der Waals surface area contributed by atoms with E-state index in [4.69, 9.17) is 16.3 Å². The summed E-state index contributed by atoms with van der Waals surface area (Å²) in [6, 6.07) is 12.2. The van der Waals surface area contributed by atoms with E-state index in [1.165, 1.54) is 5.56 Å². The predicted octanol–water partition coefficient (Wildman–Crippen LogP) is 4.71. The maximum atomic E-state index is 13.2. The van der Waals surface area contributed by atoms with Gasteiger partial charge in [-0.15, -0.1) is 11.3 Å². The highest BCUT2D eigenvalue weighted by molar-refractivity contribution is 7.09. The molecule has 0 bridgehead atoms. The van der Waals surface area contributed by atoms with E-state index in [1.807, 2.05) is 45.5 Å². The molecule has 0 N–H and O–H groups in total. The van der Waals surface area contributed by atoms with Crippen LogP contribution < -0.4 is 0 Å². The van der Waals surface area contributed by atoms with Gasteiger partial charge in [0.15, 0.2) is 0 Å². The van der Waals surface area contributed by atoms with Crippen molar-refractivity contribution in [3.8, 4) is 0 Å². The first-order chi connectivity index (χ1) is 13.6. The number of aromatic nitrogens is 1. The first-order valence-electron chi connectivity index (χ1n) is 9.30. The first kappa shape index (κ1) is 19.2. The number of benzene rings is 1. The zero-order chi connectivity index (χ0) is 19.5. The van der Waals surface area contributed by atoms with Gasteiger partial charge < -0.3 is 14.5 Å². The molecule has 0 radical (unpaired) electrons. The third-order valence-corrected chi connectivity index (χ3v) is 6.02. The number of fused-ring (bicyclic) bond motifs is 1. The zero-order valence-electron chi connectivity index (χ0n) is 15.7. The van der Waals surface area contributed by atoms with Crippen LogP contribution in [0.25, 0.3) is 10.9 Å². The van der Waals surface area contributed by atoms with Crippen LogP contribution in [-0.2, 0) is 17.8 Å². The molecular weight excluding hydrogens is 394 g/mol. The maximum absolute atomic E-state index is 13.2. The molecule has 4 rings (SSSR count). The Labute approximate surface area is 173 Å². The minimum absolute atomic E-state index is 0.0112. The van der Waals surface area contributed by atoms with Gasteiger partial charge in [0.25, 0.3) is 0 Å². The lowest BCUT2D eigenvalue weighted by Gasteiger charge is -2.33. The summed E-state index contributed by atoms with van der Waals surface area (Å²) in [4.78, 5) is 22.6. The Morgan fingerprint density at radius 1 is 1.25 bits per heavy atom. The fourth-order valence-electron chi connectivity index (χ4n) is 3.37. The number of amides is 2. The number of pyridine rings is 1. The van der Waals surface area contributed by atoms with Gasteiger partial charge in [0.05, 0.1) is 31.8 Å². The molecular formula is C21H22ClN3O2S. The van der Waals surface area contributed by atoms with Crippen molar-refractivity contribution in [1.29, 1.82) is 0 Å². The van der Waals surface area contributed by atoms with Crippen LogP contribution in [0.2, 0.25) is 5.15 Å². The number of halogens is 1. The van der Waals surface area contributed by atoms with Crippen molar-refractivity contribution in [3.05, 3.63) is 62.9 Å². The molecule has 2 amide bonds. The fourth-order valence-corrected chi connectivity index (χ4v) is 4.29. The summed E-state index contributed by atoms with van der Waals surface area (Å²) in [5, 5.41) is 3.51. The summed E-state index contributed by atoms with van der Waals surface area (Å²) in [7, 11) is 0. The maximum Gasteiger partial charge on any atom is 0.320 e. The Morgan fingerprint density at radius 3 is 2.82 bits per heavy atom. The molecule has 0 unspecified atom stereocenters. The lowest BCUT2D eigenvalue weighted by atomic mass is 10.1. The first-order valence-corrected chi connectivity index (χ1v) is 10.6. The number of urea groups is 1. The van der Waals surface area contributed by atoms with Crippen LogP contribution in [0.1, 0.15) is 16.0 Å². The Morgan fingerprint density at radius 2 is 2.07 bits per heavy atom. The van der Waals surface area contributed by atoms with Crippen molar-refractivity contribution in [2.24, 2.45) is 0 Å². The van der Waals surface area contributed by atoms with E-state index in [1.54, 1.807) is 11.3 Å². The lowest BCUT2D eigenvalue weighted by Crippen LogP contribution is -2.47. The van der Waals surface area contributed by atoms with Crippen LogP contribution in [0.15, 0.2) is 41.8 Å². The highest BCUT2D eigenvalue weighted by atomic mass is 35.5. The molecule has 2 aromatic heterocycles. The lowest BCUT2D eigenvalue weighted by molar-refractivity contribution is 0.0419. The van der Waals surface area contributed by atoms with Crippen molar-refractivity contribution >= 4 is 39.9 Å². The minimum Gasteiger partial charge on any atom is -0.378 e.